The Bertz CT molecular complexity index is 1090. The predicted octanol–water partition coefficient (Wildman–Crippen LogP) is 3.03. The van der Waals surface area contributed by atoms with E-state index in [2.05, 4.69) is 21.3 Å². The largest absolute Gasteiger partial charge is 0.467 e. The van der Waals surface area contributed by atoms with E-state index in [1.807, 2.05) is 42.2 Å². The SMILES string of the molecule is Cc1ccc2[nH]c(=O)c(CN(Cc3ccco3)C(=S)NCCCN3CCOCC3)cc2c1. The lowest BCUT2D eigenvalue weighted by Crippen LogP contribution is -2.42. The number of aromatic amines is 1. The quantitative estimate of drug-likeness (QED) is 0.400. The highest BCUT2D eigenvalue weighted by molar-refractivity contribution is 7.80. The Labute approximate surface area is 193 Å². The maximum atomic E-state index is 12.7. The number of hydrogen-bond acceptors (Lipinski definition) is 5. The van der Waals surface area contributed by atoms with Gasteiger partial charge in [0.2, 0.25) is 0 Å². The summed E-state index contributed by atoms with van der Waals surface area (Å²) in [7, 11) is 0. The molecule has 1 aromatic carbocycles. The van der Waals surface area contributed by atoms with Gasteiger partial charge in [-0.25, -0.2) is 0 Å². The first kappa shape index (κ1) is 22.5. The van der Waals surface area contributed by atoms with E-state index < -0.39 is 0 Å². The molecule has 0 spiro atoms. The number of hydrogen-bond donors (Lipinski definition) is 2. The minimum Gasteiger partial charge on any atom is -0.467 e. The Morgan fingerprint density at radius 3 is 2.84 bits per heavy atom. The monoisotopic (exact) mass is 454 g/mol. The van der Waals surface area contributed by atoms with E-state index in [4.69, 9.17) is 21.4 Å². The topological polar surface area (TPSA) is 73.7 Å². The van der Waals surface area contributed by atoms with Crippen molar-refractivity contribution in [1.29, 1.82) is 0 Å². The van der Waals surface area contributed by atoms with Crippen molar-refractivity contribution in [2.45, 2.75) is 26.4 Å². The number of aryl methyl sites for hydroxylation is 1. The summed E-state index contributed by atoms with van der Waals surface area (Å²) in [6.07, 6.45) is 2.64. The first-order chi connectivity index (χ1) is 15.6. The van der Waals surface area contributed by atoms with Crippen LogP contribution in [0.15, 0.2) is 51.9 Å². The summed E-state index contributed by atoms with van der Waals surface area (Å²) in [5.74, 6) is 0.801. The van der Waals surface area contributed by atoms with Crippen LogP contribution in [-0.4, -0.2) is 59.3 Å². The second-order valence-electron chi connectivity index (χ2n) is 8.19. The molecule has 2 aromatic heterocycles. The predicted molar refractivity (Wildman–Crippen MR) is 130 cm³/mol. The normalized spacial score (nSPS) is 14.5. The fourth-order valence-corrected chi connectivity index (χ4v) is 4.15. The summed E-state index contributed by atoms with van der Waals surface area (Å²) in [5.41, 5.74) is 2.57. The van der Waals surface area contributed by atoms with Gasteiger partial charge in [0.1, 0.15) is 5.76 Å². The van der Waals surface area contributed by atoms with E-state index in [1.54, 1.807) is 6.26 Å². The number of rotatable bonds is 8. The molecule has 7 nitrogen and oxygen atoms in total. The molecule has 0 unspecified atom stereocenters. The van der Waals surface area contributed by atoms with Gasteiger partial charge in [-0.15, -0.1) is 0 Å². The third kappa shape index (κ3) is 5.97. The van der Waals surface area contributed by atoms with Gasteiger partial charge in [-0.2, -0.15) is 0 Å². The molecule has 32 heavy (non-hydrogen) atoms. The molecule has 2 N–H and O–H groups in total. The average Bonchev–Trinajstić information content (AvgIpc) is 3.31. The molecule has 8 heteroatoms. The molecule has 0 radical (unpaired) electrons. The molecule has 0 bridgehead atoms. The van der Waals surface area contributed by atoms with Crippen molar-refractivity contribution in [2.75, 3.05) is 39.4 Å². The van der Waals surface area contributed by atoms with E-state index in [9.17, 15) is 4.79 Å². The molecule has 1 aliphatic rings. The molecule has 1 aliphatic heterocycles. The smallest absolute Gasteiger partial charge is 0.253 e. The molecule has 170 valence electrons. The molecule has 0 amide bonds. The minimum absolute atomic E-state index is 0.0964. The molecule has 1 saturated heterocycles. The highest BCUT2D eigenvalue weighted by Crippen LogP contribution is 2.15. The summed E-state index contributed by atoms with van der Waals surface area (Å²) in [6.45, 7) is 8.31. The van der Waals surface area contributed by atoms with Crippen molar-refractivity contribution >= 4 is 28.2 Å². The van der Waals surface area contributed by atoms with Crippen LogP contribution in [0.1, 0.15) is 23.3 Å². The van der Waals surface area contributed by atoms with E-state index in [-0.39, 0.29) is 5.56 Å². The molecule has 0 atom stereocenters. The van der Waals surface area contributed by atoms with Crippen LogP contribution in [0.25, 0.3) is 10.9 Å². The molecule has 3 aromatic rings. The summed E-state index contributed by atoms with van der Waals surface area (Å²) >= 11 is 5.70. The second kappa shape index (κ2) is 10.8. The maximum absolute atomic E-state index is 12.7. The van der Waals surface area contributed by atoms with Crippen LogP contribution in [0.5, 0.6) is 0 Å². The number of benzene rings is 1. The summed E-state index contributed by atoms with van der Waals surface area (Å²) in [6, 6.07) is 11.7. The Balaban J connectivity index is 1.43. The number of morpholine rings is 1. The van der Waals surface area contributed by atoms with Crippen LogP contribution in [-0.2, 0) is 17.8 Å². The van der Waals surface area contributed by atoms with Gasteiger partial charge in [0.15, 0.2) is 5.11 Å². The summed E-state index contributed by atoms with van der Waals surface area (Å²) in [4.78, 5) is 20.1. The number of furan rings is 1. The molecule has 1 fully saturated rings. The third-order valence-electron chi connectivity index (χ3n) is 5.68. The van der Waals surface area contributed by atoms with E-state index in [1.165, 1.54) is 0 Å². The van der Waals surface area contributed by atoms with Crippen molar-refractivity contribution in [3.05, 3.63) is 69.9 Å². The number of nitrogens with one attached hydrogen (secondary N) is 2. The van der Waals surface area contributed by atoms with Gasteiger partial charge in [-0.05, 0) is 67.8 Å². The van der Waals surface area contributed by atoms with Crippen molar-refractivity contribution in [3.8, 4) is 0 Å². The number of nitrogens with zero attached hydrogens (tertiary/aromatic N) is 2. The Morgan fingerprint density at radius 1 is 1.22 bits per heavy atom. The standard InChI is InChI=1S/C24H30N4O3S/c1-18-5-6-22-19(14-18)15-20(23(29)26-22)16-28(17-21-4-2-11-31-21)24(32)25-7-3-8-27-9-12-30-13-10-27/h2,4-6,11,14-15H,3,7-10,12-13,16-17H2,1H3,(H,25,32)(H,26,29). The van der Waals surface area contributed by atoms with Crippen molar-refractivity contribution < 1.29 is 9.15 Å². The van der Waals surface area contributed by atoms with Gasteiger partial charge >= 0.3 is 0 Å². The molecular formula is C24H30N4O3S. The van der Waals surface area contributed by atoms with Crippen LogP contribution in [0.4, 0.5) is 0 Å². The zero-order valence-electron chi connectivity index (χ0n) is 18.4. The number of pyridine rings is 1. The third-order valence-corrected chi connectivity index (χ3v) is 6.09. The van der Waals surface area contributed by atoms with Gasteiger partial charge in [0.05, 0.1) is 32.6 Å². The lowest BCUT2D eigenvalue weighted by atomic mass is 10.1. The fraction of sp³-hybridized carbons (Fsp3) is 0.417. The van der Waals surface area contributed by atoms with E-state index >= 15 is 0 Å². The van der Waals surface area contributed by atoms with Gasteiger partial charge in [-0.3, -0.25) is 9.69 Å². The first-order valence-electron chi connectivity index (χ1n) is 11.1. The molecular weight excluding hydrogens is 424 g/mol. The molecule has 4 rings (SSSR count). The maximum Gasteiger partial charge on any atom is 0.253 e. The zero-order valence-corrected chi connectivity index (χ0v) is 19.2. The lowest BCUT2D eigenvalue weighted by Gasteiger charge is -2.27. The second-order valence-corrected chi connectivity index (χ2v) is 8.58. The minimum atomic E-state index is -0.0964. The Kier molecular flexibility index (Phi) is 7.57. The fourth-order valence-electron chi connectivity index (χ4n) is 3.92. The van der Waals surface area contributed by atoms with Crippen LogP contribution in [0.2, 0.25) is 0 Å². The van der Waals surface area contributed by atoms with Gasteiger partial charge in [0.25, 0.3) is 5.56 Å². The summed E-state index contributed by atoms with van der Waals surface area (Å²) < 4.78 is 10.9. The van der Waals surface area contributed by atoms with Gasteiger partial charge in [-0.1, -0.05) is 11.6 Å². The summed E-state index contributed by atoms with van der Waals surface area (Å²) in [5, 5.41) is 5.00. The van der Waals surface area contributed by atoms with Crippen molar-refractivity contribution in [3.63, 3.8) is 0 Å². The number of ether oxygens (including phenoxy) is 1. The number of fused-ring (bicyclic) bond motifs is 1. The zero-order chi connectivity index (χ0) is 22.3. The first-order valence-corrected chi connectivity index (χ1v) is 11.5. The van der Waals surface area contributed by atoms with Crippen LogP contribution >= 0.6 is 12.2 Å². The number of H-pyrrole nitrogens is 1. The van der Waals surface area contributed by atoms with Crippen LogP contribution in [0.3, 0.4) is 0 Å². The molecule has 3 heterocycles. The number of thiocarbonyl (C=S) groups is 1. The average molecular weight is 455 g/mol. The number of aromatic nitrogens is 1. The lowest BCUT2D eigenvalue weighted by molar-refractivity contribution is 0.0376. The van der Waals surface area contributed by atoms with Crippen LogP contribution < -0.4 is 10.9 Å². The Morgan fingerprint density at radius 2 is 2.06 bits per heavy atom. The van der Waals surface area contributed by atoms with Crippen molar-refractivity contribution in [2.24, 2.45) is 0 Å². The molecule has 0 saturated carbocycles. The van der Waals surface area contributed by atoms with E-state index in [0.29, 0.717) is 23.8 Å². The van der Waals surface area contributed by atoms with E-state index in [0.717, 1.165) is 68.0 Å². The highest BCUT2D eigenvalue weighted by atomic mass is 32.1. The Hall–Kier alpha value is -2.68. The molecule has 0 aliphatic carbocycles. The van der Waals surface area contributed by atoms with Crippen LogP contribution in [0, 0.1) is 6.92 Å². The highest BCUT2D eigenvalue weighted by Gasteiger charge is 2.16. The van der Waals surface area contributed by atoms with Gasteiger partial charge in [0, 0.05) is 30.7 Å². The van der Waals surface area contributed by atoms with Crippen molar-refractivity contribution in [1.82, 2.24) is 20.1 Å². The van der Waals surface area contributed by atoms with Gasteiger partial charge < -0.3 is 24.4 Å².